The zero-order valence-electron chi connectivity index (χ0n) is 12.1. The van der Waals surface area contributed by atoms with Gasteiger partial charge >= 0.3 is 5.97 Å². The predicted octanol–water partition coefficient (Wildman–Crippen LogP) is 2.96. The molecule has 4 nitrogen and oxygen atoms in total. The van der Waals surface area contributed by atoms with Crippen molar-refractivity contribution in [2.75, 3.05) is 19.8 Å². The van der Waals surface area contributed by atoms with Gasteiger partial charge in [-0.1, -0.05) is 24.6 Å². The van der Waals surface area contributed by atoms with Crippen LogP contribution in [0.15, 0.2) is 18.2 Å². The molecule has 1 heterocycles. The number of carboxylic acids is 1. The minimum absolute atomic E-state index is 0.0679. The first-order valence-electron chi connectivity index (χ1n) is 6.97. The standard InChI is InChI=1S/C15H19ClFNO3/c1-3-18(14-8-21-7-11(14)15(19)20)9(2)10-4-5-13(17)12(16)6-10/h4-6,9,11,14H,3,7-8H2,1-2H3,(H,19,20). The molecule has 1 saturated heterocycles. The summed E-state index contributed by atoms with van der Waals surface area (Å²) in [6.45, 7) is 5.23. The first-order valence-corrected chi connectivity index (χ1v) is 7.34. The topological polar surface area (TPSA) is 49.8 Å². The fourth-order valence-corrected chi connectivity index (χ4v) is 3.05. The highest BCUT2D eigenvalue weighted by Gasteiger charge is 2.39. The van der Waals surface area contributed by atoms with Crippen molar-refractivity contribution in [3.8, 4) is 0 Å². The third-order valence-corrected chi connectivity index (χ3v) is 4.37. The Morgan fingerprint density at radius 2 is 2.29 bits per heavy atom. The number of aliphatic carboxylic acids is 1. The molecule has 0 amide bonds. The van der Waals surface area contributed by atoms with Crippen LogP contribution in [0, 0.1) is 11.7 Å². The largest absolute Gasteiger partial charge is 0.481 e. The van der Waals surface area contributed by atoms with E-state index < -0.39 is 17.7 Å². The number of rotatable bonds is 5. The van der Waals surface area contributed by atoms with Crippen molar-refractivity contribution in [3.63, 3.8) is 0 Å². The van der Waals surface area contributed by atoms with E-state index in [0.717, 1.165) is 5.56 Å². The third-order valence-electron chi connectivity index (χ3n) is 4.08. The zero-order chi connectivity index (χ0) is 15.6. The molecular weight excluding hydrogens is 297 g/mol. The fourth-order valence-electron chi connectivity index (χ4n) is 2.87. The summed E-state index contributed by atoms with van der Waals surface area (Å²) in [5.41, 5.74) is 0.860. The summed E-state index contributed by atoms with van der Waals surface area (Å²) in [5, 5.41) is 9.36. The van der Waals surface area contributed by atoms with Crippen LogP contribution < -0.4 is 0 Å². The molecule has 2 rings (SSSR count). The molecule has 1 aromatic rings. The van der Waals surface area contributed by atoms with Crippen molar-refractivity contribution in [3.05, 3.63) is 34.6 Å². The molecule has 0 spiro atoms. The lowest BCUT2D eigenvalue weighted by Gasteiger charge is -2.35. The third kappa shape index (κ3) is 3.36. The van der Waals surface area contributed by atoms with E-state index in [4.69, 9.17) is 16.3 Å². The molecule has 6 heteroatoms. The number of benzene rings is 1. The maximum Gasteiger partial charge on any atom is 0.310 e. The van der Waals surface area contributed by atoms with Gasteiger partial charge in [0.05, 0.1) is 24.2 Å². The average Bonchev–Trinajstić information content (AvgIpc) is 2.92. The van der Waals surface area contributed by atoms with Crippen LogP contribution in [0.3, 0.4) is 0 Å². The second-order valence-corrected chi connectivity index (χ2v) is 5.64. The van der Waals surface area contributed by atoms with Gasteiger partial charge in [0.2, 0.25) is 0 Å². The van der Waals surface area contributed by atoms with Crippen molar-refractivity contribution < 1.29 is 19.0 Å². The van der Waals surface area contributed by atoms with E-state index in [2.05, 4.69) is 4.90 Å². The van der Waals surface area contributed by atoms with Gasteiger partial charge < -0.3 is 9.84 Å². The molecule has 0 saturated carbocycles. The van der Waals surface area contributed by atoms with E-state index in [0.29, 0.717) is 13.2 Å². The first-order chi connectivity index (χ1) is 9.95. The Hall–Kier alpha value is -1.17. The van der Waals surface area contributed by atoms with Gasteiger partial charge in [-0.3, -0.25) is 9.69 Å². The number of halogens is 2. The molecule has 1 aromatic carbocycles. The highest BCUT2D eigenvalue weighted by atomic mass is 35.5. The van der Waals surface area contributed by atoms with Gasteiger partial charge in [-0.2, -0.15) is 0 Å². The molecule has 3 atom stereocenters. The summed E-state index contributed by atoms with van der Waals surface area (Å²) >= 11 is 5.83. The molecule has 21 heavy (non-hydrogen) atoms. The van der Waals surface area contributed by atoms with Crippen molar-refractivity contribution in [1.29, 1.82) is 0 Å². The highest BCUT2D eigenvalue weighted by Crippen LogP contribution is 2.30. The minimum Gasteiger partial charge on any atom is -0.481 e. The van der Waals surface area contributed by atoms with Crippen LogP contribution in [-0.4, -0.2) is 41.8 Å². The minimum atomic E-state index is -0.847. The second-order valence-electron chi connectivity index (χ2n) is 5.23. The Labute approximate surface area is 128 Å². The van der Waals surface area contributed by atoms with Crippen molar-refractivity contribution in [1.82, 2.24) is 4.90 Å². The number of nitrogens with zero attached hydrogens (tertiary/aromatic N) is 1. The van der Waals surface area contributed by atoms with Crippen LogP contribution in [0.1, 0.15) is 25.5 Å². The summed E-state index contributed by atoms with van der Waals surface area (Å²) in [5.74, 6) is -1.84. The van der Waals surface area contributed by atoms with E-state index in [1.165, 1.54) is 6.07 Å². The van der Waals surface area contributed by atoms with E-state index in [-0.39, 0.29) is 23.7 Å². The van der Waals surface area contributed by atoms with Gasteiger partial charge in [-0.05, 0) is 31.2 Å². The number of hydrogen-bond donors (Lipinski definition) is 1. The molecule has 1 N–H and O–H groups in total. The second kappa shape index (κ2) is 6.73. The van der Waals surface area contributed by atoms with Crippen LogP contribution in [0.25, 0.3) is 0 Å². The molecule has 0 radical (unpaired) electrons. The highest BCUT2D eigenvalue weighted by molar-refractivity contribution is 6.30. The lowest BCUT2D eigenvalue weighted by atomic mass is 9.98. The monoisotopic (exact) mass is 315 g/mol. The zero-order valence-corrected chi connectivity index (χ0v) is 12.8. The van der Waals surface area contributed by atoms with Crippen LogP contribution in [0.4, 0.5) is 4.39 Å². The molecule has 0 aromatic heterocycles. The number of ether oxygens (including phenoxy) is 1. The van der Waals surface area contributed by atoms with Crippen molar-refractivity contribution >= 4 is 17.6 Å². The summed E-state index contributed by atoms with van der Waals surface area (Å²) in [6.07, 6.45) is 0. The Balaban J connectivity index is 2.23. The average molecular weight is 316 g/mol. The summed E-state index contributed by atoms with van der Waals surface area (Å²) in [7, 11) is 0. The molecule has 1 fully saturated rings. The van der Waals surface area contributed by atoms with Gasteiger partial charge in [0.1, 0.15) is 5.82 Å². The molecule has 116 valence electrons. The van der Waals surface area contributed by atoms with Crippen LogP contribution in [0.2, 0.25) is 5.02 Å². The molecule has 1 aliphatic heterocycles. The Bertz CT molecular complexity index is 526. The van der Waals surface area contributed by atoms with E-state index >= 15 is 0 Å². The maximum atomic E-state index is 13.3. The number of hydrogen-bond acceptors (Lipinski definition) is 3. The normalized spacial score (nSPS) is 23.5. The van der Waals surface area contributed by atoms with Gasteiger partial charge in [0, 0.05) is 12.1 Å². The van der Waals surface area contributed by atoms with Crippen molar-refractivity contribution in [2.24, 2.45) is 5.92 Å². The smallest absolute Gasteiger partial charge is 0.310 e. The van der Waals surface area contributed by atoms with Crippen LogP contribution in [-0.2, 0) is 9.53 Å². The van der Waals surface area contributed by atoms with Gasteiger partial charge in [-0.25, -0.2) is 4.39 Å². The van der Waals surface area contributed by atoms with Crippen LogP contribution in [0.5, 0.6) is 0 Å². The van der Waals surface area contributed by atoms with Crippen molar-refractivity contribution in [2.45, 2.75) is 25.9 Å². The predicted molar refractivity (Wildman–Crippen MR) is 77.9 cm³/mol. The first kappa shape index (κ1) is 16.2. The molecular formula is C15H19ClFNO3. The number of carbonyl (C=O) groups is 1. The van der Waals surface area contributed by atoms with Gasteiger partial charge in [0.25, 0.3) is 0 Å². The molecule has 1 aliphatic rings. The number of likely N-dealkylation sites (N-methyl/N-ethyl adjacent to an activating group) is 1. The Morgan fingerprint density at radius 1 is 1.57 bits per heavy atom. The Morgan fingerprint density at radius 3 is 2.86 bits per heavy atom. The van der Waals surface area contributed by atoms with E-state index in [1.54, 1.807) is 12.1 Å². The maximum absolute atomic E-state index is 13.3. The number of carboxylic acid groups (broad SMARTS) is 1. The van der Waals surface area contributed by atoms with Crippen LogP contribution >= 0.6 is 11.6 Å². The van der Waals surface area contributed by atoms with Gasteiger partial charge in [-0.15, -0.1) is 0 Å². The summed E-state index contributed by atoms with van der Waals surface area (Å²) in [4.78, 5) is 13.4. The molecule has 3 unspecified atom stereocenters. The summed E-state index contributed by atoms with van der Waals surface area (Å²) in [6, 6.07) is 4.35. The fraction of sp³-hybridized carbons (Fsp3) is 0.533. The quantitative estimate of drug-likeness (QED) is 0.907. The lowest BCUT2D eigenvalue weighted by molar-refractivity contribution is -0.143. The SMILES string of the molecule is CCN(C(C)c1ccc(F)c(Cl)c1)C1COCC1C(=O)O. The molecule has 0 bridgehead atoms. The van der Waals surface area contributed by atoms with Gasteiger partial charge in [0.15, 0.2) is 0 Å². The lowest BCUT2D eigenvalue weighted by Crippen LogP contribution is -2.44. The molecule has 0 aliphatic carbocycles. The summed E-state index contributed by atoms with van der Waals surface area (Å²) < 4.78 is 18.6. The Kier molecular flexibility index (Phi) is 5.19. The van der Waals surface area contributed by atoms with E-state index in [1.807, 2.05) is 13.8 Å². The van der Waals surface area contributed by atoms with E-state index in [9.17, 15) is 14.3 Å².